The zero-order valence-corrected chi connectivity index (χ0v) is 12.5. The van der Waals surface area contributed by atoms with Crippen molar-refractivity contribution in [3.05, 3.63) is 65.7 Å². The first-order chi connectivity index (χ1) is 10.2. The average molecular weight is 283 g/mol. The third kappa shape index (κ3) is 4.35. The van der Waals surface area contributed by atoms with E-state index in [0.29, 0.717) is 6.54 Å². The molecule has 1 atom stereocenters. The first kappa shape index (κ1) is 15.1. The molecule has 1 unspecified atom stereocenters. The van der Waals surface area contributed by atoms with Crippen molar-refractivity contribution in [2.75, 3.05) is 0 Å². The van der Waals surface area contributed by atoms with Gasteiger partial charge >= 0.3 is 0 Å². The molecule has 3 heteroatoms. The molecule has 0 bridgehead atoms. The first-order valence-electron chi connectivity index (χ1n) is 7.27. The molecule has 2 aromatic rings. The Labute approximate surface area is 126 Å². The van der Waals surface area contributed by atoms with Gasteiger partial charge in [-0.05, 0) is 30.5 Å². The molecule has 0 aliphatic heterocycles. The summed E-state index contributed by atoms with van der Waals surface area (Å²) in [6.45, 7) is 4.36. The summed E-state index contributed by atoms with van der Waals surface area (Å²) >= 11 is 0. The maximum atomic E-state index is 12.1. The van der Waals surface area contributed by atoms with Gasteiger partial charge in [-0.1, -0.05) is 55.5 Å². The summed E-state index contributed by atoms with van der Waals surface area (Å²) in [5.41, 5.74) is 2.19. The van der Waals surface area contributed by atoms with Gasteiger partial charge in [0.05, 0.1) is 0 Å². The lowest BCUT2D eigenvalue weighted by atomic mass is 10.1. The Morgan fingerprint density at radius 1 is 1.10 bits per heavy atom. The molecule has 0 heterocycles. The molecule has 0 aliphatic rings. The van der Waals surface area contributed by atoms with Crippen LogP contribution in [-0.4, -0.2) is 12.0 Å². The molecule has 110 valence electrons. The van der Waals surface area contributed by atoms with Crippen LogP contribution in [0, 0.1) is 0 Å². The Balaban J connectivity index is 1.90. The molecule has 0 aromatic heterocycles. The molecule has 2 rings (SSSR count). The minimum atomic E-state index is -0.513. The van der Waals surface area contributed by atoms with Crippen molar-refractivity contribution in [1.29, 1.82) is 0 Å². The maximum Gasteiger partial charge on any atom is 0.261 e. The van der Waals surface area contributed by atoms with Crippen molar-refractivity contribution in [3.63, 3.8) is 0 Å². The van der Waals surface area contributed by atoms with Crippen molar-refractivity contribution in [2.45, 2.75) is 32.9 Å². The Hall–Kier alpha value is -2.29. The summed E-state index contributed by atoms with van der Waals surface area (Å²) in [7, 11) is 0. The van der Waals surface area contributed by atoms with Gasteiger partial charge in [0.1, 0.15) is 5.75 Å². The lowest BCUT2D eigenvalue weighted by Crippen LogP contribution is -2.36. The quantitative estimate of drug-likeness (QED) is 0.883. The van der Waals surface area contributed by atoms with E-state index in [4.69, 9.17) is 4.74 Å². The molecular weight excluding hydrogens is 262 g/mol. The van der Waals surface area contributed by atoms with Crippen LogP contribution in [-0.2, 0) is 17.8 Å². The standard InChI is InChI=1S/C18H21NO2/c1-3-16-11-7-8-12-17(16)21-14(2)18(20)19-13-15-9-5-4-6-10-15/h4-12,14H,3,13H2,1-2H3,(H,19,20). The monoisotopic (exact) mass is 283 g/mol. The first-order valence-corrected chi connectivity index (χ1v) is 7.27. The number of hydrogen-bond donors (Lipinski definition) is 1. The number of amides is 1. The largest absolute Gasteiger partial charge is 0.481 e. The van der Waals surface area contributed by atoms with Crippen molar-refractivity contribution in [3.8, 4) is 5.75 Å². The minimum Gasteiger partial charge on any atom is -0.481 e. The Morgan fingerprint density at radius 2 is 1.76 bits per heavy atom. The van der Waals surface area contributed by atoms with Gasteiger partial charge in [0, 0.05) is 6.54 Å². The lowest BCUT2D eigenvalue weighted by molar-refractivity contribution is -0.127. The fourth-order valence-corrected chi connectivity index (χ4v) is 2.08. The van der Waals surface area contributed by atoms with Crippen LogP contribution in [0.15, 0.2) is 54.6 Å². The molecule has 0 aliphatic carbocycles. The third-order valence-electron chi connectivity index (χ3n) is 3.34. The normalized spacial score (nSPS) is 11.7. The van der Waals surface area contributed by atoms with Crippen LogP contribution in [0.1, 0.15) is 25.0 Å². The molecule has 21 heavy (non-hydrogen) atoms. The number of rotatable bonds is 6. The summed E-state index contributed by atoms with van der Waals surface area (Å²) in [6, 6.07) is 17.7. The molecule has 2 aromatic carbocycles. The zero-order valence-electron chi connectivity index (χ0n) is 12.5. The summed E-state index contributed by atoms with van der Waals surface area (Å²) in [6.07, 6.45) is 0.371. The summed E-state index contributed by atoms with van der Waals surface area (Å²) in [5, 5.41) is 2.89. The topological polar surface area (TPSA) is 38.3 Å². The maximum absolute atomic E-state index is 12.1. The summed E-state index contributed by atoms with van der Waals surface area (Å²) < 4.78 is 5.77. The number of nitrogens with one attached hydrogen (secondary N) is 1. The molecule has 1 N–H and O–H groups in total. The molecule has 0 saturated heterocycles. The predicted octanol–water partition coefficient (Wildman–Crippen LogP) is 3.33. The van der Waals surface area contributed by atoms with Crippen LogP contribution in [0.5, 0.6) is 5.75 Å². The molecule has 0 saturated carbocycles. The third-order valence-corrected chi connectivity index (χ3v) is 3.34. The molecule has 0 radical (unpaired) electrons. The number of ether oxygens (including phenoxy) is 1. The zero-order chi connectivity index (χ0) is 15.1. The molecule has 1 amide bonds. The number of carbonyl (C=O) groups excluding carboxylic acids is 1. The number of benzene rings is 2. The second-order valence-electron chi connectivity index (χ2n) is 4.92. The number of para-hydroxylation sites is 1. The van der Waals surface area contributed by atoms with Gasteiger partial charge < -0.3 is 10.1 Å². The molecule has 3 nitrogen and oxygen atoms in total. The van der Waals surface area contributed by atoms with E-state index in [-0.39, 0.29) is 5.91 Å². The fraction of sp³-hybridized carbons (Fsp3) is 0.278. The van der Waals surface area contributed by atoms with E-state index >= 15 is 0 Å². The van der Waals surface area contributed by atoms with Crippen molar-refractivity contribution in [1.82, 2.24) is 5.32 Å². The average Bonchev–Trinajstić information content (AvgIpc) is 2.54. The highest BCUT2D eigenvalue weighted by atomic mass is 16.5. The highest BCUT2D eigenvalue weighted by Gasteiger charge is 2.15. The summed E-state index contributed by atoms with van der Waals surface area (Å²) in [5.74, 6) is 0.673. The van der Waals surface area contributed by atoms with E-state index < -0.39 is 6.10 Å². The van der Waals surface area contributed by atoms with Crippen LogP contribution in [0.25, 0.3) is 0 Å². The van der Waals surface area contributed by atoms with Crippen molar-refractivity contribution in [2.24, 2.45) is 0 Å². The molecular formula is C18H21NO2. The van der Waals surface area contributed by atoms with Gasteiger partial charge in [-0.3, -0.25) is 4.79 Å². The van der Waals surface area contributed by atoms with E-state index in [9.17, 15) is 4.79 Å². The van der Waals surface area contributed by atoms with Gasteiger partial charge in [0.25, 0.3) is 5.91 Å². The van der Waals surface area contributed by atoms with E-state index in [1.165, 1.54) is 0 Å². The van der Waals surface area contributed by atoms with Gasteiger partial charge in [0.15, 0.2) is 6.10 Å². The predicted molar refractivity (Wildman–Crippen MR) is 84.2 cm³/mol. The van der Waals surface area contributed by atoms with Crippen LogP contribution in [0.3, 0.4) is 0 Å². The van der Waals surface area contributed by atoms with Gasteiger partial charge in [-0.15, -0.1) is 0 Å². The SMILES string of the molecule is CCc1ccccc1OC(C)C(=O)NCc1ccccc1. The Morgan fingerprint density at radius 3 is 2.48 bits per heavy atom. The second-order valence-corrected chi connectivity index (χ2v) is 4.92. The van der Waals surface area contributed by atoms with Crippen LogP contribution in [0.2, 0.25) is 0 Å². The number of aryl methyl sites for hydroxylation is 1. The number of hydrogen-bond acceptors (Lipinski definition) is 2. The Kier molecular flexibility index (Phi) is 5.38. The Bertz CT molecular complexity index is 581. The van der Waals surface area contributed by atoms with E-state index in [0.717, 1.165) is 23.3 Å². The molecule has 0 spiro atoms. The van der Waals surface area contributed by atoms with E-state index in [2.05, 4.69) is 12.2 Å². The van der Waals surface area contributed by atoms with Gasteiger partial charge in [-0.2, -0.15) is 0 Å². The summed E-state index contributed by atoms with van der Waals surface area (Å²) in [4.78, 5) is 12.1. The minimum absolute atomic E-state index is 0.107. The van der Waals surface area contributed by atoms with Crippen LogP contribution < -0.4 is 10.1 Å². The van der Waals surface area contributed by atoms with Gasteiger partial charge in [-0.25, -0.2) is 0 Å². The fourth-order valence-electron chi connectivity index (χ4n) is 2.08. The highest BCUT2D eigenvalue weighted by molar-refractivity contribution is 5.80. The van der Waals surface area contributed by atoms with Crippen molar-refractivity contribution < 1.29 is 9.53 Å². The van der Waals surface area contributed by atoms with E-state index in [1.807, 2.05) is 54.6 Å². The molecule has 0 fully saturated rings. The highest BCUT2D eigenvalue weighted by Crippen LogP contribution is 2.19. The van der Waals surface area contributed by atoms with E-state index in [1.54, 1.807) is 6.92 Å². The van der Waals surface area contributed by atoms with Crippen LogP contribution in [0.4, 0.5) is 0 Å². The van der Waals surface area contributed by atoms with Gasteiger partial charge in [0.2, 0.25) is 0 Å². The van der Waals surface area contributed by atoms with Crippen molar-refractivity contribution >= 4 is 5.91 Å². The van der Waals surface area contributed by atoms with Crippen LogP contribution >= 0.6 is 0 Å². The number of carbonyl (C=O) groups is 1. The lowest BCUT2D eigenvalue weighted by Gasteiger charge is -2.16. The smallest absolute Gasteiger partial charge is 0.261 e. The second kappa shape index (κ2) is 7.48.